The highest BCUT2D eigenvalue weighted by Gasteiger charge is 2.36. The number of carbonyl (C=O) groups is 1. The fourth-order valence-corrected chi connectivity index (χ4v) is 5.47. The number of nitrogens with zero attached hydrogens (tertiary/aromatic N) is 1. The monoisotopic (exact) mass is 387 g/mol. The lowest BCUT2D eigenvalue weighted by Crippen LogP contribution is -2.26. The van der Waals surface area contributed by atoms with Crippen molar-refractivity contribution in [2.75, 3.05) is 6.61 Å². The first kappa shape index (κ1) is 18.2. The second-order valence-electron chi connectivity index (χ2n) is 5.53. The first-order valence-electron chi connectivity index (χ1n) is 7.77. The third-order valence-corrected chi connectivity index (χ3v) is 6.77. The third-order valence-electron chi connectivity index (χ3n) is 3.90. The Kier molecular flexibility index (Phi) is 4.88. The van der Waals surface area contributed by atoms with E-state index in [-0.39, 0.29) is 17.6 Å². The lowest BCUT2D eigenvalue weighted by atomic mass is 10.2. The van der Waals surface area contributed by atoms with Gasteiger partial charge in [0, 0.05) is 21.2 Å². The number of amides is 1. The summed E-state index contributed by atoms with van der Waals surface area (Å²) in [7, 11) is -3.72. The van der Waals surface area contributed by atoms with E-state index in [1.54, 1.807) is 43.3 Å². The minimum absolute atomic E-state index is 0.00131. The smallest absolute Gasteiger partial charge is 0.266 e. The molecule has 1 heterocycles. The standard InChI is InChI=1S/C18H15ClN3O3P/c1-2-25-26(24,13-5-3-4-11(8-13)10-20)17-14-9-12(19)6-7-15(14)22-16(17)18(21)23/h3-9,22H,2H2,1H3,(H2,21,23). The number of carbonyl (C=O) groups excluding carboxylic acids is 1. The summed E-state index contributed by atoms with van der Waals surface area (Å²) in [4.78, 5) is 14.9. The van der Waals surface area contributed by atoms with Gasteiger partial charge in [-0.2, -0.15) is 5.26 Å². The van der Waals surface area contributed by atoms with Gasteiger partial charge in [-0.3, -0.25) is 9.36 Å². The second kappa shape index (κ2) is 6.97. The third kappa shape index (κ3) is 3.02. The van der Waals surface area contributed by atoms with Crippen LogP contribution in [0.5, 0.6) is 0 Å². The van der Waals surface area contributed by atoms with Gasteiger partial charge in [0.1, 0.15) is 5.69 Å². The number of rotatable bonds is 5. The number of H-pyrrole nitrogens is 1. The summed E-state index contributed by atoms with van der Waals surface area (Å²) in [5.74, 6) is -0.760. The summed E-state index contributed by atoms with van der Waals surface area (Å²) >= 11 is 6.10. The molecule has 0 saturated carbocycles. The van der Waals surface area contributed by atoms with Crippen molar-refractivity contribution < 1.29 is 13.9 Å². The Hall–Kier alpha value is -2.58. The number of aromatic amines is 1. The van der Waals surface area contributed by atoms with Crippen molar-refractivity contribution in [2.45, 2.75) is 6.92 Å². The Morgan fingerprint density at radius 3 is 2.77 bits per heavy atom. The van der Waals surface area contributed by atoms with Gasteiger partial charge >= 0.3 is 0 Å². The molecule has 26 heavy (non-hydrogen) atoms. The first-order valence-corrected chi connectivity index (χ1v) is 9.78. The molecular formula is C18H15ClN3O3P. The van der Waals surface area contributed by atoms with Crippen LogP contribution in [0.2, 0.25) is 5.02 Å². The molecule has 1 aromatic heterocycles. The van der Waals surface area contributed by atoms with Crippen molar-refractivity contribution in [3.05, 3.63) is 58.7 Å². The van der Waals surface area contributed by atoms with E-state index in [9.17, 15) is 9.36 Å². The molecule has 0 aliphatic heterocycles. The maximum absolute atomic E-state index is 14.0. The summed E-state index contributed by atoms with van der Waals surface area (Å²) in [6.45, 7) is 1.84. The molecule has 0 aliphatic rings. The Labute approximate surface area is 155 Å². The highest BCUT2D eigenvalue weighted by Crippen LogP contribution is 2.48. The van der Waals surface area contributed by atoms with Gasteiger partial charge in [0.2, 0.25) is 0 Å². The normalized spacial score (nSPS) is 13.3. The molecule has 0 bridgehead atoms. The molecule has 1 unspecified atom stereocenters. The van der Waals surface area contributed by atoms with Crippen LogP contribution >= 0.6 is 19.0 Å². The average molecular weight is 388 g/mol. The molecule has 1 amide bonds. The molecular weight excluding hydrogens is 373 g/mol. The van der Waals surface area contributed by atoms with Crippen LogP contribution in [0.4, 0.5) is 0 Å². The second-order valence-corrected chi connectivity index (χ2v) is 8.30. The number of hydrogen-bond acceptors (Lipinski definition) is 4. The Morgan fingerprint density at radius 1 is 1.35 bits per heavy atom. The van der Waals surface area contributed by atoms with Crippen LogP contribution < -0.4 is 16.3 Å². The van der Waals surface area contributed by atoms with Crippen LogP contribution in [0.25, 0.3) is 10.9 Å². The maximum atomic E-state index is 14.0. The van der Waals surface area contributed by atoms with Gasteiger partial charge in [-0.1, -0.05) is 17.7 Å². The highest BCUT2D eigenvalue weighted by molar-refractivity contribution is 7.75. The van der Waals surface area contributed by atoms with E-state index in [1.165, 1.54) is 6.07 Å². The number of hydrogen-bond donors (Lipinski definition) is 2. The van der Waals surface area contributed by atoms with Crippen molar-refractivity contribution >= 4 is 46.4 Å². The Balaban J connectivity index is 2.40. The molecule has 132 valence electrons. The number of halogens is 1. The van der Waals surface area contributed by atoms with Crippen LogP contribution in [0.3, 0.4) is 0 Å². The molecule has 0 radical (unpaired) electrons. The molecule has 0 fully saturated rings. The summed E-state index contributed by atoms with van der Waals surface area (Å²) in [5.41, 5.74) is 6.41. The first-order chi connectivity index (χ1) is 12.4. The van der Waals surface area contributed by atoms with Crippen molar-refractivity contribution in [3.63, 3.8) is 0 Å². The van der Waals surface area contributed by atoms with E-state index < -0.39 is 13.3 Å². The van der Waals surface area contributed by atoms with E-state index in [4.69, 9.17) is 27.1 Å². The molecule has 2 aromatic carbocycles. The van der Waals surface area contributed by atoms with Gasteiger partial charge in [0.25, 0.3) is 13.3 Å². The topological polar surface area (TPSA) is 109 Å². The number of fused-ring (bicyclic) bond motifs is 1. The molecule has 0 spiro atoms. The summed E-state index contributed by atoms with van der Waals surface area (Å²) in [6, 6.07) is 13.3. The summed E-state index contributed by atoms with van der Waals surface area (Å²) < 4.78 is 19.7. The zero-order valence-electron chi connectivity index (χ0n) is 13.8. The number of aromatic nitrogens is 1. The summed E-state index contributed by atoms with van der Waals surface area (Å²) in [5, 5.41) is 10.5. The fraction of sp³-hybridized carbons (Fsp3) is 0.111. The maximum Gasteiger partial charge on any atom is 0.266 e. The lowest BCUT2D eigenvalue weighted by molar-refractivity contribution is 0.0997. The van der Waals surface area contributed by atoms with Crippen molar-refractivity contribution in [3.8, 4) is 6.07 Å². The number of benzene rings is 2. The summed E-state index contributed by atoms with van der Waals surface area (Å²) in [6.07, 6.45) is 0. The van der Waals surface area contributed by atoms with Crippen molar-refractivity contribution in [1.29, 1.82) is 5.26 Å². The van der Waals surface area contributed by atoms with E-state index in [0.29, 0.717) is 26.8 Å². The van der Waals surface area contributed by atoms with Crippen LogP contribution in [0.1, 0.15) is 23.0 Å². The van der Waals surface area contributed by atoms with Crippen LogP contribution in [0, 0.1) is 11.3 Å². The van der Waals surface area contributed by atoms with Crippen LogP contribution in [-0.2, 0) is 9.09 Å². The zero-order valence-corrected chi connectivity index (χ0v) is 15.5. The van der Waals surface area contributed by atoms with Crippen molar-refractivity contribution in [1.82, 2.24) is 4.98 Å². The van der Waals surface area contributed by atoms with Crippen molar-refractivity contribution in [2.24, 2.45) is 5.73 Å². The van der Waals surface area contributed by atoms with Gasteiger partial charge in [-0.25, -0.2) is 0 Å². The van der Waals surface area contributed by atoms with E-state index in [1.807, 2.05) is 6.07 Å². The molecule has 3 rings (SSSR count). The minimum Gasteiger partial charge on any atom is -0.364 e. The number of primary amides is 1. The molecule has 6 nitrogen and oxygen atoms in total. The predicted molar refractivity (Wildman–Crippen MR) is 101 cm³/mol. The average Bonchev–Trinajstić information content (AvgIpc) is 3.01. The van der Waals surface area contributed by atoms with Crippen LogP contribution in [-0.4, -0.2) is 17.5 Å². The van der Waals surface area contributed by atoms with E-state index in [0.717, 1.165) is 0 Å². The fourth-order valence-electron chi connectivity index (χ4n) is 2.84. The largest absolute Gasteiger partial charge is 0.364 e. The molecule has 3 aromatic rings. The van der Waals surface area contributed by atoms with E-state index >= 15 is 0 Å². The zero-order chi connectivity index (χ0) is 18.9. The molecule has 1 atom stereocenters. The predicted octanol–water partition coefficient (Wildman–Crippen LogP) is 3.06. The van der Waals surface area contributed by atoms with Gasteiger partial charge in [0.15, 0.2) is 0 Å². The van der Waals surface area contributed by atoms with Gasteiger partial charge < -0.3 is 15.2 Å². The Morgan fingerprint density at radius 2 is 2.12 bits per heavy atom. The number of nitrogens with one attached hydrogen (secondary N) is 1. The number of nitrogens with two attached hydrogens (primary N) is 1. The molecule has 0 saturated heterocycles. The minimum atomic E-state index is -3.72. The molecule has 8 heteroatoms. The van der Waals surface area contributed by atoms with Gasteiger partial charge in [0.05, 0.1) is 23.5 Å². The van der Waals surface area contributed by atoms with Crippen LogP contribution in [0.15, 0.2) is 42.5 Å². The lowest BCUT2D eigenvalue weighted by Gasteiger charge is -2.19. The van der Waals surface area contributed by atoms with Gasteiger partial charge in [-0.05, 0) is 43.3 Å². The SMILES string of the molecule is CCOP(=O)(c1cccc(C#N)c1)c1c(C(N)=O)[nH]c2ccc(Cl)cc12. The Bertz CT molecular complexity index is 1100. The van der Waals surface area contributed by atoms with E-state index in [2.05, 4.69) is 4.98 Å². The highest BCUT2D eigenvalue weighted by atomic mass is 35.5. The molecule has 0 aliphatic carbocycles. The quantitative estimate of drug-likeness (QED) is 0.655. The number of nitriles is 1. The van der Waals surface area contributed by atoms with Gasteiger partial charge in [-0.15, -0.1) is 0 Å². The molecule has 3 N–H and O–H groups in total.